The average molecular weight is 293 g/mol. The third-order valence-electron chi connectivity index (χ3n) is 4.16. The summed E-state index contributed by atoms with van der Waals surface area (Å²) in [5.74, 6) is 0.881. The zero-order chi connectivity index (χ0) is 15.7. The molecular formula is C16H27N3O2. The van der Waals surface area contributed by atoms with E-state index in [1.54, 1.807) is 7.11 Å². The van der Waals surface area contributed by atoms with Gasteiger partial charge >= 0.3 is 0 Å². The van der Waals surface area contributed by atoms with Gasteiger partial charge in [-0.25, -0.2) is 0 Å². The predicted octanol–water partition coefficient (Wildman–Crippen LogP) is 2.73. The second-order valence-corrected chi connectivity index (χ2v) is 6.81. The second kappa shape index (κ2) is 5.89. The number of rotatable bonds is 5. The fraction of sp³-hybridized carbons (Fsp3) is 0.750. The Morgan fingerprint density at radius 1 is 1.33 bits per heavy atom. The van der Waals surface area contributed by atoms with Crippen LogP contribution in [0.2, 0.25) is 0 Å². The quantitative estimate of drug-likeness (QED) is 0.904. The fourth-order valence-electron chi connectivity index (χ4n) is 3.40. The molecule has 0 aromatic carbocycles. The van der Waals surface area contributed by atoms with E-state index in [4.69, 9.17) is 9.47 Å². The first-order valence-corrected chi connectivity index (χ1v) is 7.60. The molecule has 0 radical (unpaired) electrons. The lowest BCUT2D eigenvalue weighted by molar-refractivity contribution is -0.0779. The van der Waals surface area contributed by atoms with Gasteiger partial charge in [-0.05, 0) is 46.7 Å². The number of ether oxygens (including phenoxy) is 2. The van der Waals surface area contributed by atoms with Crippen molar-refractivity contribution >= 4 is 0 Å². The normalized spacial score (nSPS) is 24.8. The zero-order valence-corrected chi connectivity index (χ0v) is 13.9. The van der Waals surface area contributed by atoms with E-state index in [-0.39, 0.29) is 17.2 Å². The SMILES string of the molecule is CCNC(c1ccc(OC)nn1)C1CC(C)(C)OC1(C)C. The molecule has 2 unspecified atom stereocenters. The van der Waals surface area contributed by atoms with Crippen LogP contribution in [0.5, 0.6) is 5.88 Å². The van der Waals surface area contributed by atoms with E-state index in [0.29, 0.717) is 11.8 Å². The Morgan fingerprint density at radius 3 is 2.48 bits per heavy atom. The van der Waals surface area contributed by atoms with E-state index in [1.165, 1.54) is 0 Å². The summed E-state index contributed by atoms with van der Waals surface area (Å²) in [4.78, 5) is 0. The molecule has 1 aromatic rings. The van der Waals surface area contributed by atoms with Crippen LogP contribution in [0, 0.1) is 5.92 Å². The maximum atomic E-state index is 6.23. The molecule has 5 nitrogen and oxygen atoms in total. The molecule has 1 aliphatic rings. The van der Waals surface area contributed by atoms with Crippen LogP contribution in [0.3, 0.4) is 0 Å². The lowest BCUT2D eigenvalue weighted by Crippen LogP contribution is -2.39. The lowest BCUT2D eigenvalue weighted by atomic mass is 9.80. The monoisotopic (exact) mass is 293 g/mol. The van der Waals surface area contributed by atoms with Crippen molar-refractivity contribution in [2.24, 2.45) is 5.92 Å². The number of hydrogen-bond donors (Lipinski definition) is 1. The highest BCUT2D eigenvalue weighted by molar-refractivity contribution is 5.17. The molecule has 1 saturated heterocycles. The smallest absolute Gasteiger partial charge is 0.233 e. The number of aromatic nitrogens is 2. The van der Waals surface area contributed by atoms with Crippen molar-refractivity contribution in [3.8, 4) is 5.88 Å². The summed E-state index contributed by atoms with van der Waals surface area (Å²) < 4.78 is 11.3. The first kappa shape index (κ1) is 16.2. The molecule has 0 amide bonds. The Morgan fingerprint density at radius 2 is 2.05 bits per heavy atom. The van der Waals surface area contributed by atoms with Gasteiger partial charge in [0.2, 0.25) is 5.88 Å². The summed E-state index contributed by atoms with van der Waals surface area (Å²) in [5.41, 5.74) is 0.636. The van der Waals surface area contributed by atoms with Gasteiger partial charge in [-0.1, -0.05) is 6.92 Å². The number of nitrogens with one attached hydrogen (secondary N) is 1. The minimum Gasteiger partial charge on any atom is -0.480 e. The first-order valence-electron chi connectivity index (χ1n) is 7.60. The van der Waals surface area contributed by atoms with Crippen molar-refractivity contribution in [1.29, 1.82) is 0 Å². The molecule has 1 aliphatic heterocycles. The molecule has 2 atom stereocenters. The van der Waals surface area contributed by atoms with Gasteiger partial charge in [0.25, 0.3) is 0 Å². The van der Waals surface area contributed by atoms with E-state index in [0.717, 1.165) is 18.7 Å². The fourth-order valence-corrected chi connectivity index (χ4v) is 3.40. The van der Waals surface area contributed by atoms with Crippen LogP contribution < -0.4 is 10.1 Å². The van der Waals surface area contributed by atoms with E-state index in [2.05, 4.69) is 50.1 Å². The Balaban J connectivity index is 2.29. The molecule has 1 aromatic heterocycles. The minimum absolute atomic E-state index is 0.109. The van der Waals surface area contributed by atoms with Gasteiger partial charge in [-0.15, -0.1) is 5.10 Å². The maximum Gasteiger partial charge on any atom is 0.233 e. The number of methoxy groups -OCH3 is 1. The van der Waals surface area contributed by atoms with Crippen LogP contribution in [0.4, 0.5) is 0 Å². The standard InChI is InChI=1S/C16H27N3O2/c1-7-17-14(12-8-9-13(20-6)19-18-12)11-10-15(2,3)21-16(11,4)5/h8-9,11,14,17H,7,10H2,1-6H3. The molecule has 0 spiro atoms. The third-order valence-corrected chi connectivity index (χ3v) is 4.16. The Labute approximate surface area is 127 Å². The Bertz CT molecular complexity index is 471. The van der Waals surface area contributed by atoms with Gasteiger partial charge in [0.15, 0.2) is 0 Å². The van der Waals surface area contributed by atoms with E-state index in [1.807, 2.05) is 12.1 Å². The number of hydrogen-bond acceptors (Lipinski definition) is 5. The average Bonchev–Trinajstić information content (AvgIpc) is 2.64. The van der Waals surface area contributed by atoms with Gasteiger partial charge in [0, 0.05) is 12.0 Å². The first-order chi connectivity index (χ1) is 9.79. The molecule has 0 aliphatic carbocycles. The van der Waals surface area contributed by atoms with E-state index in [9.17, 15) is 0 Å². The molecule has 0 saturated carbocycles. The van der Waals surface area contributed by atoms with Crippen molar-refractivity contribution in [2.45, 2.75) is 58.3 Å². The largest absolute Gasteiger partial charge is 0.480 e. The summed E-state index contributed by atoms with van der Waals surface area (Å²) in [5, 5.41) is 12.0. The van der Waals surface area contributed by atoms with Gasteiger partial charge in [-0.2, -0.15) is 5.10 Å². The van der Waals surface area contributed by atoms with Crippen molar-refractivity contribution in [2.75, 3.05) is 13.7 Å². The molecule has 21 heavy (non-hydrogen) atoms. The molecule has 1 fully saturated rings. The van der Waals surface area contributed by atoms with Crippen LogP contribution in [-0.2, 0) is 4.74 Å². The Hall–Kier alpha value is -1.20. The van der Waals surface area contributed by atoms with Crippen LogP contribution in [-0.4, -0.2) is 35.1 Å². The molecule has 2 heterocycles. The lowest BCUT2D eigenvalue weighted by Gasteiger charge is -2.33. The molecule has 118 valence electrons. The van der Waals surface area contributed by atoms with Crippen LogP contribution in [0.1, 0.15) is 52.8 Å². The highest BCUT2D eigenvalue weighted by Gasteiger charge is 2.49. The highest BCUT2D eigenvalue weighted by atomic mass is 16.5. The third kappa shape index (κ3) is 3.52. The zero-order valence-electron chi connectivity index (χ0n) is 13.9. The summed E-state index contributed by atoms with van der Waals surface area (Å²) in [6.07, 6.45) is 0.991. The van der Waals surface area contributed by atoms with Crippen molar-refractivity contribution in [1.82, 2.24) is 15.5 Å². The van der Waals surface area contributed by atoms with Crippen LogP contribution in [0.25, 0.3) is 0 Å². The van der Waals surface area contributed by atoms with Crippen molar-refractivity contribution in [3.05, 3.63) is 17.8 Å². The summed E-state index contributed by atoms with van der Waals surface area (Å²) in [6.45, 7) is 11.6. The molecule has 5 heteroatoms. The van der Waals surface area contributed by atoms with Crippen molar-refractivity contribution in [3.63, 3.8) is 0 Å². The minimum atomic E-state index is -0.196. The number of nitrogens with zero attached hydrogens (tertiary/aromatic N) is 2. The van der Waals surface area contributed by atoms with Gasteiger partial charge in [0.05, 0.1) is 30.0 Å². The topological polar surface area (TPSA) is 56.3 Å². The van der Waals surface area contributed by atoms with E-state index >= 15 is 0 Å². The van der Waals surface area contributed by atoms with Gasteiger partial charge < -0.3 is 14.8 Å². The summed E-state index contributed by atoms with van der Waals surface area (Å²) in [6, 6.07) is 3.98. The molecule has 2 rings (SSSR count). The predicted molar refractivity (Wildman–Crippen MR) is 82.4 cm³/mol. The molecule has 0 bridgehead atoms. The van der Waals surface area contributed by atoms with E-state index < -0.39 is 0 Å². The Kier molecular flexibility index (Phi) is 4.54. The second-order valence-electron chi connectivity index (χ2n) is 6.81. The molecular weight excluding hydrogens is 266 g/mol. The maximum absolute atomic E-state index is 6.23. The summed E-state index contributed by atoms with van der Waals surface area (Å²) >= 11 is 0. The van der Waals surface area contributed by atoms with Gasteiger partial charge in [0.1, 0.15) is 0 Å². The van der Waals surface area contributed by atoms with Crippen LogP contribution >= 0.6 is 0 Å². The highest BCUT2D eigenvalue weighted by Crippen LogP contribution is 2.47. The summed E-state index contributed by atoms with van der Waals surface area (Å²) in [7, 11) is 1.60. The van der Waals surface area contributed by atoms with Crippen LogP contribution in [0.15, 0.2) is 12.1 Å². The molecule has 1 N–H and O–H groups in total. The van der Waals surface area contributed by atoms with Crippen molar-refractivity contribution < 1.29 is 9.47 Å². The van der Waals surface area contributed by atoms with Gasteiger partial charge in [-0.3, -0.25) is 0 Å².